The molecule has 0 fully saturated rings. The third-order valence-corrected chi connectivity index (χ3v) is 4.30. The molecule has 0 bridgehead atoms. The lowest BCUT2D eigenvalue weighted by Crippen LogP contribution is -2.18. The highest BCUT2D eigenvalue weighted by molar-refractivity contribution is 5.64. The number of benzene rings is 1. The number of nitrogens with one attached hydrogen (secondary N) is 1. The van der Waals surface area contributed by atoms with Crippen molar-refractivity contribution in [3.05, 3.63) is 64.5 Å². The number of fused-ring (bicyclic) bond motifs is 1. The van der Waals surface area contributed by atoms with Gasteiger partial charge in [-0.3, -0.25) is 4.98 Å². The van der Waals surface area contributed by atoms with Gasteiger partial charge in [-0.15, -0.1) is 0 Å². The predicted octanol–water partition coefficient (Wildman–Crippen LogP) is 2.00. The van der Waals surface area contributed by atoms with Gasteiger partial charge in [-0.25, -0.2) is 14.5 Å². The molecular weight excluding hydrogens is 372 g/mol. The SMILES string of the molecule is NCC(Cc1n[nH]c(=O)n1-c1ccc(-c2ccc3c(c2)OCO3)nc1)=C(F)F. The quantitative estimate of drug-likeness (QED) is 0.693. The van der Waals surface area contributed by atoms with E-state index in [1.54, 1.807) is 18.2 Å². The summed E-state index contributed by atoms with van der Waals surface area (Å²) in [5, 5.41) is 6.10. The summed E-state index contributed by atoms with van der Waals surface area (Å²) in [7, 11) is 0. The number of hydrogen-bond acceptors (Lipinski definition) is 6. The Morgan fingerprint density at radius 1 is 1.21 bits per heavy atom. The lowest BCUT2D eigenvalue weighted by Gasteiger charge is -2.08. The number of nitrogens with two attached hydrogens (primary N) is 1. The van der Waals surface area contributed by atoms with Gasteiger partial charge in [0.1, 0.15) is 5.82 Å². The Balaban J connectivity index is 1.66. The molecule has 10 heteroatoms. The molecule has 0 atom stereocenters. The first-order valence-corrected chi connectivity index (χ1v) is 8.32. The van der Waals surface area contributed by atoms with Gasteiger partial charge in [0.25, 0.3) is 6.08 Å². The molecule has 0 saturated carbocycles. The molecule has 1 aromatic carbocycles. The number of H-pyrrole nitrogens is 1. The summed E-state index contributed by atoms with van der Waals surface area (Å²) >= 11 is 0. The van der Waals surface area contributed by atoms with Crippen LogP contribution < -0.4 is 20.9 Å². The number of aromatic nitrogens is 4. The van der Waals surface area contributed by atoms with E-state index in [-0.39, 0.29) is 31.2 Å². The largest absolute Gasteiger partial charge is 0.454 e. The van der Waals surface area contributed by atoms with Crippen LogP contribution in [0.2, 0.25) is 0 Å². The Morgan fingerprint density at radius 3 is 2.75 bits per heavy atom. The maximum Gasteiger partial charge on any atom is 0.348 e. The molecule has 28 heavy (non-hydrogen) atoms. The summed E-state index contributed by atoms with van der Waals surface area (Å²) in [6, 6.07) is 8.81. The molecular formula is C18H15F2N5O3. The monoisotopic (exact) mass is 387 g/mol. The van der Waals surface area contributed by atoms with E-state index >= 15 is 0 Å². The lowest BCUT2D eigenvalue weighted by atomic mass is 10.1. The molecule has 8 nitrogen and oxygen atoms in total. The van der Waals surface area contributed by atoms with Crippen LogP contribution in [0.4, 0.5) is 8.78 Å². The zero-order chi connectivity index (χ0) is 19.7. The van der Waals surface area contributed by atoms with Crippen molar-refractivity contribution < 1.29 is 18.3 Å². The van der Waals surface area contributed by atoms with Gasteiger partial charge in [-0.1, -0.05) is 0 Å². The minimum Gasteiger partial charge on any atom is -0.454 e. The topological polar surface area (TPSA) is 108 Å². The first-order valence-electron chi connectivity index (χ1n) is 8.32. The fraction of sp³-hybridized carbons (Fsp3) is 0.167. The van der Waals surface area contributed by atoms with Gasteiger partial charge in [-0.05, 0) is 30.3 Å². The average molecular weight is 387 g/mol. The van der Waals surface area contributed by atoms with Crippen molar-refractivity contribution >= 4 is 0 Å². The third kappa shape index (κ3) is 3.25. The van der Waals surface area contributed by atoms with Gasteiger partial charge in [-0.2, -0.15) is 13.9 Å². The second-order valence-electron chi connectivity index (χ2n) is 5.99. The summed E-state index contributed by atoms with van der Waals surface area (Å²) < 4.78 is 37.6. The molecule has 144 valence electrons. The van der Waals surface area contributed by atoms with Crippen molar-refractivity contribution in [2.75, 3.05) is 13.3 Å². The van der Waals surface area contributed by atoms with Gasteiger partial charge in [0.05, 0.1) is 17.6 Å². The second-order valence-corrected chi connectivity index (χ2v) is 5.99. The summed E-state index contributed by atoms with van der Waals surface area (Å²) in [6.07, 6.45) is -0.653. The Kier molecular flexibility index (Phi) is 4.62. The number of nitrogens with zero attached hydrogens (tertiary/aromatic N) is 3. The van der Waals surface area contributed by atoms with Crippen LogP contribution in [0.3, 0.4) is 0 Å². The van der Waals surface area contributed by atoms with E-state index in [9.17, 15) is 13.6 Å². The molecule has 3 heterocycles. The van der Waals surface area contributed by atoms with E-state index in [2.05, 4.69) is 15.2 Å². The standard InChI is InChI=1S/C18H15F2N5O3/c19-17(20)11(7-21)6-16-23-24-18(26)25(16)12-2-3-13(22-8-12)10-1-4-14-15(5-10)28-9-27-14/h1-5,8H,6-7,9,21H2,(H,24,26). The Hall–Kier alpha value is -3.53. The zero-order valence-electron chi connectivity index (χ0n) is 14.5. The summed E-state index contributed by atoms with van der Waals surface area (Å²) in [6.45, 7) is -0.152. The maximum atomic E-state index is 12.9. The normalized spacial score (nSPS) is 12.2. The van der Waals surface area contributed by atoms with Crippen molar-refractivity contribution in [1.82, 2.24) is 19.7 Å². The molecule has 0 spiro atoms. The summed E-state index contributed by atoms with van der Waals surface area (Å²) in [5.41, 5.74) is 6.36. The highest BCUT2D eigenvalue weighted by Crippen LogP contribution is 2.35. The van der Waals surface area contributed by atoms with Crippen LogP contribution in [0.5, 0.6) is 11.5 Å². The van der Waals surface area contributed by atoms with Gasteiger partial charge in [0.15, 0.2) is 11.5 Å². The predicted molar refractivity (Wildman–Crippen MR) is 95.5 cm³/mol. The van der Waals surface area contributed by atoms with Crippen LogP contribution in [0.1, 0.15) is 5.82 Å². The number of aromatic amines is 1. The van der Waals surface area contributed by atoms with E-state index in [0.29, 0.717) is 22.9 Å². The van der Waals surface area contributed by atoms with Crippen molar-refractivity contribution in [3.8, 4) is 28.4 Å². The minimum atomic E-state index is -1.87. The van der Waals surface area contributed by atoms with Gasteiger partial charge in [0, 0.05) is 24.1 Å². The number of rotatable bonds is 5. The van der Waals surface area contributed by atoms with Crippen LogP contribution >= 0.6 is 0 Å². The Labute approximate surface area is 157 Å². The number of hydrogen-bond donors (Lipinski definition) is 2. The molecule has 1 aliphatic heterocycles. The van der Waals surface area contributed by atoms with E-state index in [0.717, 1.165) is 5.56 Å². The van der Waals surface area contributed by atoms with Crippen molar-refractivity contribution in [2.24, 2.45) is 5.73 Å². The van der Waals surface area contributed by atoms with Crippen molar-refractivity contribution in [3.63, 3.8) is 0 Å². The first kappa shape index (κ1) is 17.9. The number of halogens is 2. The van der Waals surface area contributed by atoms with Crippen LogP contribution in [0.15, 0.2) is 53.0 Å². The van der Waals surface area contributed by atoms with Crippen molar-refractivity contribution in [1.29, 1.82) is 0 Å². The molecule has 0 unspecified atom stereocenters. The third-order valence-electron chi connectivity index (χ3n) is 4.30. The summed E-state index contributed by atoms with van der Waals surface area (Å²) in [5.74, 6) is 1.42. The van der Waals surface area contributed by atoms with Crippen LogP contribution in [0.25, 0.3) is 16.9 Å². The highest BCUT2D eigenvalue weighted by Gasteiger charge is 2.17. The first-order chi connectivity index (χ1) is 13.6. The Morgan fingerprint density at radius 2 is 2.04 bits per heavy atom. The molecule has 0 saturated heterocycles. The van der Waals surface area contributed by atoms with Gasteiger partial charge < -0.3 is 15.2 Å². The van der Waals surface area contributed by atoms with E-state index in [1.807, 2.05) is 12.1 Å². The van der Waals surface area contributed by atoms with Crippen LogP contribution in [-0.2, 0) is 6.42 Å². The smallest absolute Gasteiger partial charge is 0.348 e. The number of pyridine rings is 1. The Bertz CT molecular complexity index is 1100. The second kappa shape index (κ2) is 7.24. The molecule has 0 amide bonds. The van der Waals surface area contributed by atoms with E-state index < -0.39 is 11.8 Å². The molecule has 3 aromatic rings. The molecule has 0 aliphatic carbocycles. The number of ether oxygens (including phenoxy) is 2. The minimum absolute atomic E-state index is 0.121. The van der Waals surface area contributed by atoms with E-state index in [1.165, 1.54) is 10.8 Å². The van der Waals surface area contributed by atoms with Crippen LogP contribution in [-0.4, -0.2) is 33.1 Å². The molecule has 0 radical (unpaired) electrons. The molecule has 1 aliphatic rings. The molecule has 3 N–H and O–H groups in total. The summed E-state index contributed by atoms with van der Waals surface area (Å²) in [4.78, 5) is 16.5. The van der Waals surface area contributed by atoms with Crippen LogP contribution in [0, 0.1) is 0 Å². The maximum absolute atomic E-state index is 12.9. The van der Waals surface area contributed by atoms with Gasteiger partial charge in [0.2, 0.25) is 6.79 Å². The highest BCUT2D eigenvalue weighted by atomic mass is 19.3. The average Bonchev–Trinajstić information content (AvgIpc) is 3.31. The molecule has 4 rings (SSSR count). The fourth-order valence-electron chi connectivity index (χ4n) is 2.87. The zero-order valence-corrected chi connectivity index (χ0v) is 14.5. The van der Waals surface area contributed by atoms with E-state index in [4.69, 9.17) is 15.2 Å². The van der Waals surface area contributed by atoms with Gasteiger partial charge >= 0.3 is 5.69 Å². The lowest BCUT2D eigenvalue weighted by molar-refractivity contribution is 0.174. The molecule has 2 aromatic heterocycles. The fourth-order valence-corrected chi connectivity index (χ4v) is 2.87. The van der Waals surface area contributed by atoms with Crippen molar-refractivity contribution in [2.45, 2.75) is 6.42 Å².